The van der Waals surface area contributed by atoms with E-state index in [-0.39, 0.29) is 6.04 Å². The van der Waals surface area contributed by atoms with Crippen LogP contribution in [0.3, 0.4) is 0 Å². The van der Waals surface area contributed by atoms with E-state index in [9.17, 15) is 0 Å². The lowest BCUT2D eigenvalue weighted by atomic mass is 10.1. The van der Waals surface area contributed by atoms with E-state index < -0.39 is 0 Å². The topological polar surface area (TPSA) is 54.2 Å². The molecule has 16 heavy (non-hydrogen) atoms. The van der Waals surface area contributed by atoms with Crippen LogP contribution in [-0.2, 0) is 0 Å². The standard InChI is InChI=1S/C12H20N4/c1-2-11(13)10-3-4-12(15-9-10)16-7-5-14-6-8-16/h3-4,9,11,14H,2,5-8,13H2,1H3/t11-/m0/s1. The second kappa shape index (κ2) is 5.27. The lowest BCUT2D eigenvalue weighted by Gasteiger charge is -2.28. The predicted octanol–water partition coefficient (Wildman–Crippen LogP) is 0.901. The van der Waals surface area contributed by atoms with Gasteiger partial charge in [-0.1, -0.05) is 13.0 Å². The number of aromatic nitrogens is 1. The van der Waals surface area contributed by atoms with Crippen LogP contribution in [-0.4, -0.2) is 31.2 Å². The molecule has 2 heterocycles. The summed E-state index contributed by atoms with van der Waals surface area (Å²) in [6.45, 7) is 6.24. The van der Waals surface area contributed by atoms with Gasteiger partial charge in [-0.05, 0) is 18.1 Å². The second-order valence-electron chi connectivity index (χ2n) is 4.20. The molecule has 0 saturated carbocycles. The zero-order chi connectivity index (χ0) is 11.4. The van der Waals surface area contributed by atoms with Crippen LogP contribution in [0.25, 0.3) is 0 Å². The van der Waals surface area contributed by atoms with Gasteiger partial charge in [0, 0.05) is 38.4 Å². The summed E-state index contributed by atoms with van der Waals surface area (Å²) < 4.78 is 0. The fourth-order valence-corrected chi connectivity index (χ4v) is 1.93. The van der Waals surface area contributed by atoms with Gasteiger partial charge in [-0.15, -0.1) is 0 Å². The highest BCUT2D eigenvalue weighted by atomic mass is 15.2. The largest absolute Gasteiger partial charge is 0.354 e. The third-order valence-electron chi connectivity index (χ3n) is 3.08. The fourth-order valence-electron chi connectivity index (χ4n) is 1.93. The molecule has 0 aliphatic carbocycles. The highest BCUT2D eigenvalue weighted by Crippen LogP contribution is 2.16. The molecule has 1 fully saturated rings. The number of hydrogen-bond donors (Lipinski definition) is 2. The van der Waals surface area contributed by atoms with Gasteiger partial charge >= 0.3 is 0 Å². The van der Waals surface area contributed by atoms with Crippen LogP contribution < -0.4 is 16.0 Å². The summed E-state index contributed by atoms with van der Waals surface area (Å²) in [7, 11) is 0. The van der Waals surface area contributed by atoms with Gasteiger partial charge in [-0.2, -0.15) is 0 Å². The van der Waals surface area contributed by atoms with E-state index >= 15 is 0 Å². The number of nitrogens with one attached hydrogen (secondary N) is 1. The maximum Gasteiger partial charge on any atom is 0.128 e. The van der Waals surface area contributed by atoms with Crippen molar-refractivity contribution in [2.45, 2.75) is 19.4 Å². The fraction of sp³-hybridized carbons (Fsp3) is 0.583. The molecule has 0 amide bonds. The predicted molar refractivity (Wildman–Crippen MR) is 66.5 cm³/mol. The molecular formula is C12H20N4. The molecule has 2 rings (SSSR count). The molecule has 1 atom stereocenters. The minimum atomic E-state index is 0.115. The second-order valence-corrected chi connectivity index (χ2v) is 4.20. The maximum absolute atomic E-state index is 5.96. The van der Waals surface area contributed by atoms with E-state index in [0.29, 0.717) is 0 Å². The molecule has 0 aromatic carbocycles. The van der Waals surface area contributed by atoms with E-state index in [1.807, 2.05) is 6.20 Å². The Hall–Kier alpha value is -1.13. The van der Waals surface area contributed by atoms with Gasteiger partial charge in [0.2, 0.25) is 0 Å². The number of hydrogen-bond acceptors (Lipinski definition) is 4. The Kier molecular flexibility index (Phi) is 3.74. The van der Waals surface area contributed by atoms with Crippen LogP contribution in [0.5, 0.6) is 0 Å². The first kappa shape index (κ1) is 11.4. The first-order valence-electron chi connectivity index (χ1n) is 5.98. The number of pyridine rings is 1. The van der Waals surface area contributed by atoms with Gasteiger partial charge in [0.25, 0.3) is 0 Å². The summed E-state index contributed by atoms with van der Waals surface area (Å²) in [4.78, 5) is 6.79. The summed E-state index contributed by atoms with van der Waals surface area (Å²) in [6.07, 6.45) is 2.86. The maximum atomic E-state index is 5.96. The van der Waals surface area contributed by atoms with Crippen molar-refractivity contribution in [3.8, 4) is 0 Å². The Morgan fingerprint density at radius 2 is 2.19 bits per heavy atom. The van der Waals surface area contributed by atoms with Crippen molar-refractivity contribution < 1.29 is 0 Å². The van der Waals surface area contributed by atoms with Crippen LogP contribution in [0.2, 0.25) is 0 Å². The normalized spacial score (nSPS) is 18.5. The molecule has 88 valence electrons. The molecule has 3 N–H and O–H groups in total. The molecule has 1 aromatic rings. The summed E-state index contributed by atoms with van der Waals surface area (Å²) in [5, 5.41) is 3.33. The minimum Gasteiger partial charge on any atom is -0.354 e. The number of rotatable bonds is 3. The number of nitrogens with two attached hydrogens (primary N) is 1. The van der Waals surface area contributed by atoms with Crippen molar-refractivity contribution in [2.24, 2.45) is 5.73 Å². The molecule has 1 aromatic heterocycles. The van der Waals surface area contributed by atoms with Gasteiger partial charge < -0.3 is 16.0 Å². The van der Waals surface area contributed by atoms with Crippen molar-refractivity contribution in [2.75, 3.05) is 31.1 Å². The number of nitrogens with zero attached hydrogens (tertiary/aromatic N) is 2. The van der Waals surface area contributed by atoms with Gasteiger partial charge in [0.1, 0.15) is 5.82 Å². The van der Waals surface area contributed by atoms with Gasteiger partial charge in [0.05, 0.1) is 0 Å². The molecule has 1 saturated heterocycles. The molecule has 4 heteroatoms. The first-order valence-corrected chi connectivity index (χ1v) is 5.98. The summed E-state index contributed by atoms with van der Waals surface area (Å²) in [5.41, 5.74) is 7.09. The molecule has 1 aliphatic rings. The average molecular weight is 220 g/mol. The summed E-state index contributed by atoms with van der Waals surface area (Å²) >= 11 is 0. The molecule has 0 spiro atoms. The summed E-state index contributed by atoms with van der Waals surface area (Å²) in [5.74, 6) is 1.06. The number of anilines is 1. The molecule has 0 unspecified atom stereocenters. The van der Waals surface area contributed by atoms with Crippen molar-refractivity contribution in [3.05, 3.63) is 23.9 Å². The Bertz CT molecular complexity index is 316. The van der Waals surface area contributed by atoms with Gasteiger partial charge in [-0.25, -0.2) is 4.98 Å². The van der Waals surface area contributed by atoms with E-state index in [4.69, 9.17) is 5.73 Å². The van der Waals surface area contributed by atoms with Crippen molar-refractivity contribution >= 4 is 5.82 Å². The molecule has 0 bridgehead atoms. The van der Waals surface area contributed by atoms with E-state index in [1.54, 1.807) is 0 Å². The Morgan fingerprint density at radius 3 is 2.75 bits per heavy atom. The highest BCUT2D eigenvalue weighted by Gasteiger charge is 2.11. The zero-order valence-electron chi connectivity index (χ0n) is 9.82. The third kappa shape index (κ3) is 2.51. The third-order valence-corrected chi connectivity index (χ3v) is 3.08. The van der Waals surface area contributed by atoms with Gasteiger partial charge in [0.15, 0.2) is 0 Å². The van der Waals surface area contributed by atoms with Crippen LogP contribution in [0.15, 0.2) is 18.3 Å². The minimum absolute atomic E-state index is 0.115. The van der Waals surface area contributed by atoms with E-state index in [1.165, 1.54) is 0 Å². The Balaban J connectivity index is 2.06. The summed E-state index contributed by atoms with van der Waals surface area (Å²) in [6, 6.07) is 4.29. The van der Waals surface area contributed by atoms with E-state index in [2.05, 4.69) is 34.3 Å². The zero-order valence-corrected chi connectivity index (χ0v) is 9.82. The number of piperazine rings is 1. The Labute approximate surface area is 96.8 Å². The SMILES string of the molecule is CC[C@H](N)c1ccc(N2CCNCC2)nc1. The van der Waals surface area contributed by atoms with Crippen molar-refractivity contribution in [1.82, 2.24) is 10.3 Å². The van der Waals surface area contributed by atoms with Crippen LogP contribution in [0.1, 0.15) is 24.9 Å². The molecule has 0 radical (unpaired) electrons. The highest BCUT2D eigenvalue weighted by molar-refractivity contribution is 5.40. The molecular weight excluding hydrogens is 200 g/mol. The van der Waals surface area contributed by atoms with Crippen molar-refractivity contribution in [1.29, 1.82) is 0 Å². The quantitative estimate of drug-likeness (QED) is 0.794. The van der Waals surface area contributed by atoms with Crippen LogP contribution in [0, 0.1) is 0 Å². The van der Waals surface area contributed by atoms with Crippen molar-refractivity contribution in [3.63, 3.8) is 0 Å². The monoisotopic (exact) mass is 220 g/mol. The lowest BCUT2D eigenvalue weighted by molar-refractivity contribution is 0.584. The van der Waals surface area contributed by atoms with Crippen LogP contribution in [0.4, 0.5) is 5.82 Å². The Morgan fingerprint density at radius 1 is 1.44 bits per heavy atom. The first-order chi connectivity index (χ1) is 7.81. The average Bonchev–Trinajstić information content (AvgIpc) is 2.39. The lowest BCUT2D eigenvalue weighted by Crippen LogP contribution is -2.43. The van der Waals surface area contributed by atoms with Crippen LogP contribution >= 0.6 is 0 Å². The molecule has 1 aliphatic heterocycles. The van der Waals surface area contributed by atoms with E-state index in [0.717, 1.165) is 44.0 Å². The van der Waals surface area contributed by atoms with Gasteiger partial charge in [-0.3, -0.25) is 0 Å². The smallest absolute Gasteiger partial charge is 0.128 e. The molecule has 4 nitrogen and oxygen atoms in total.